The third kappa shape index (κ3) is 4.08. The lowest BCUT2D eigenvalue weighted by atomic mass is 10.3. The lowest BCUT2D eigenvalue weighted by Crippen LogP contribution is -2.18. The minimum Gasteiger partial charge on any atom is -0.310 e. The number of carbonyl (C=O) groups excluding carboxylic acids is 1. The first-order valence-electron chi connectivity index (χ1n) is 6.68. The van der Waals surface area contributed by atoms with Crippen molar-refractivity contribution in [2.24, 2.45) is 0 Å². The van der Waals surface area contributed by atoms with Gasteiger partial charge < -0.3 is 5.32 Å². The quantitative estimate of drug-likeness (QED) is 0.502. The van der Waals surface area contributed by atoms with Gasteiger partial charge in [-0.25, -0.2) is 4.68 Å². The molecule has 0 aliphatic carbocycles. The predicted molar refractivity (Wildman–Crippen MR) is 85.1 cm³/mol. The van der Waals surface area contributed by atoms with Gasteiger partial charge in [0.25, 0.3) is 5.69 Å². The molecule has 2 aromatic rings. The van der Waals surface area contributed by atoms with E-state index in [1.54, 1.807) is 29.1 Å². The zero-order chi connectivity index (χ0) is 16.1. The lowest BCUT2D eigenvalue weighted by Gasteiger charge is -2.11. The molecule has 7 nitrogen and oxygen atoms in total. The van der Waals surface area contributed by atoms with Gasteiger partial charge in [0.2, 0.25) is 5.91 Å². The Labute approximate surface area is 131 Å². The van der Waals surface area contributed by atoms with Crippen molar-refractivity contribution in [2.45, 2.75) is 24.8 Å². The number of nitrogens with zero attached hydrogens (tertiary/aromatic N) is 3. The summed E-state index contributed by atoms with van der Waals surface area (Å²) in [5.74, 6) is 0.733. The number of benzene rings is 1. The summed E-state index contributed by atoms with van der Waals surface area (Å²) >= 11 is 1.32. The number of thioether (sulfide) groups is 1. The molecule has 0 aliphatic rings. The first kappa shape index (κ1) is 16.0. The van der Waals surface area contributed by atoms with E-state index >= 15 is 0 Å². The molecule has 22 heavy (non-hydrogen) atoms. The van der Waals surface area contributed by atoms with Crippen LogP contribution in [0.1, 0.15) is 19.9 Å². The molecule has 0 saturated carbocycles. The van der Waals surface area contributed by atoms with Gasteiger partial charge in [0.1, 0.15) is 5.82 Å². The Balaban J connectivity index is 1.90. The third-order valence-corrected chi connectivity index (χ3v) is 3.86. The van der Waals surface area contributed by atoms with E-state index in [0.29, 0.717) is 5.82 Å². The van der Waals surface area contributed by atoms with Gasteiger partial charge in [-0.05, 0) is 26.0 Å². The van der Waals surface area contributed by atoms with Crippen molar-refractivity contribution in [1.29, 1.82) is 0 Å². The highest BCUT2D eigenvalue weighted by molar-refractivity contribution is 8.00. The normalized spacial score (nSPS) is 10.7. The number of hydrogen-bond acceptors (Lipinski definition) is 5. The number of nitro groups is 1. The highest BCUT2D eigenvalue weighted by Crippen LogP contribution is 2.21. The molecule has 2 rings (SSSR count). The van der Waals surface area contributed by atoms with Crippen molar-refractivity contribution in [2.75, 3.05) is 11.1 Å². The minimum atomic E-state index is -0.450. The Morgan fingerprint density at radius 2 is 2.05 bits per heavy atom. The molecule has 0 radical (unpaired) electrons. The SMILES string of the molecule is CC(C)n1nccc1NC(=O)CSc1ccc([N+](=O)[O-])cc1. The van der Waals surface area contributed by atoms with E-state index in [4.69, 9.17) is 0 Å². The number of rotatable bonds is 6. The van der Waals surface area contributed by atoms with E-state index in [2.05, 4.69) is 10.4 Å². The summed E-state index contributed by atoms with van der Waals surface area (Å²) in [6, 6.07) is 8.02. The largest absolute Gasteiger partial charge is 0.310 e. The Kier molecular flexibility index (Phi) is 5.16. The lowest BCUT2D eigenvalue weighted by molar-refractivity contribution is -0.384. The van der Waals surface area contributed by atoms with Crippen molar-refractivity contribution < 1.29 is 9.72 Å². The molecule has 116 valence electrons. The number of aromatic nitrogens is 2. The molecular formula is C14H16N4O3S. The van der Waals surface area contributed by atoms with Crippen molar-refractivity contribution in [3.8, 4) is 0 Å². The average molecular weight is 320 g/mol. The van der Waals surface area contributed by atoms with Crippen LogP contribution in [-0.2, 0) is 4.79 Å². The second-order valence-corrected chi connectivity index (χ2v) is 5.89. The van der Waals surface area contributed by atoms with Crippen LogP contribution in [0.4, 0.5) is 11.5 Å². The monoisotopic (exact) mass is 320 g/mol. The summed E-state index contributed by atoms with van der Waals surface area (Å²) in [7, 11) is 0. The molecule has 0 unspecified atom stereocenters. The maximum atomic E-state index is 12.0. The fourth-order valence-corrected chi connectivity index (χ4v) is 2.52. The maximum absolute atomic E-state index is 12.0. The molecule has 0 saturated heterocycles. The summed E-state index contributed by atoms with van der Waals surface area (Å²) in [5, 5.41) is 17.5. The van der Waals surface area contributed by atoms with Crippen LogP contribution in [0, 0.1) is 10.1 Å². The van der Waals surface area contributed by atoms with E-state index in [-0.39, 0.29) is 23.4 Å². The van der Waals surface area contributed by atoms with E-state index in [0.717, 1.165) is 4.90 Å². The number of hydrogen-bond donors (Lipinski definition) is 1. The van der Waals surface area contributed by atoms with Gasteiger partial charge in [-0.1, -0.05) is 0 Å². The van der Waals surface area contributed by atoms with E-state index in [9.17, 15) is 14.9 Å². The van der Waals surface area contributed by atoms with E-state index < -0.39 is 4.92 Å². The Bertz CT molecular complexity index is 667. The molecule has 1 N–H and O–H groups in total. The number of nitrogens with one attached hydrogen (secondary N) is 1. The summed E-state index contributed by atoms with van der Waals surface area (Å²) in [4.78, 5) is 22.9. The van der Waals surface area contributed by atoms with Crippen LogP contribution in [0.2, 0.25) is 0 Å². The number of non-ortho nitro benzene ring substituents is 1. The zero-order valence-corrected chi connectivity index (χ0v) is 13.0. The fourth-order valence-electron chi connectivity index (χ4n) is 1.82. The van der Waals surface area contributed by atoms with Crippen LogP contribution in [-0.4, -0.2) is 26.4 Å². The predicted octanol–water partition coefficient (Wildman–Crippen LogP) is 3.10. The zero-order valence-electron chi connectivity index (χ0n) is 12.2. The van der Waals surface area contributed by atoms with Crippen LogP contribution < -0.4 is 5.32 Å². The van der Waals surface area contributed by atoms with Crippen LogP contribution in [0.3, 0.4) is 0 Å². The van der Waals surface area contributed by atoms with Crippen LogP contribution in [0.15, 0.2) is 41.4 Å². The Morgan fingerprint density at radius 3 is 2.64 bits per heavy atom. The third-order valence-electron chi connectivity index (χ3n) is 2.84. The van der Waals surface area contributed by atoms with Crippen LogP contribution in [0.25, 0.3) is 0 Å². The smallest absolute Gasteiger partial charge is 0.269 e. The molecule has 0 bridgehead atoms. The molecular weight excluding hydrogens is 304 g/mol. The molecule has 1 aromatic carbocycles. The van der Waals surface area contributed by atoms with Gasteiger partial charge in [0, 0.05) is 29.1 Å². The summed E-state index contributed by atoms with van der Waals surface area (Å²) < 4.78 is 1.73. The Morgan fingerprint density at radius 1 is 1.36 bits per heavy atom. The number of anilines is 1. The molecule has 8 heteroatoms. The van der Waals surface area contributed by atoms with Gasteiger partial charge in [-0.15, -0.1) is 11.8 Å². The summed E-state index contributed by atoms with van der Waals surface area (Å²) in [5.41, 5.74) is 0.0367. The topological polar surface area (TPSA) is 90.1 Å². The number of amides is 1. The standard InChI is InChI=1S/C14H16N4O3S/c1-10(2)17-13(7-8-15-17)16-14(19)9-22-12-5-3-11(4-6-12)18(20)21/h3-8,10H,9H2,1-2H3,(H,16,19). The molecule has 1 aromatic heterocycles. The number of carbonyl (C=O) groups is 1. The first-order valence-corrected chi connectivity index (χ1v) is 7.66. The summed E-state index contributed by atoms with van der Waals surface area (Å²) in [6.07, 6.45) is 1.64. The van der Waals surface area contributed by atoms with E-state index in [1.807, 2.05) is 13.8 Å². The molecule has 0 aliphatic heterocycles. The van der Waals surface area contributed by atoms with Crippen molar-refractivity contribution in [1.82, 2.24) is 9.78 Å². The summed E-state index contributed by atoms with van der Waals surface area (Å²) in [6.45, 7) is 3.96. The molecule has 0 spiro atoms. The van der Waals surface area contributed by atoms with Crippen LogP contribution in [0.5, 0.6) is 0 Å². The molecule has 0 fully saturated rings. The second kappa shape index (κ2) is 7.08. The Hall–Kier alpha value is -2.35. The second-order valence-electron chi connectivity index (χ2n) is 4.84. The van der Waals surface area contributed by atoms with E-state index in [1.165, 1.54) is 23.9 Å². The fraction of sp³-hybridized carbons (Fsp3) is 0.286. The highest BCUT2D eigenvalue weighted by Gasteiger charge is 2.10. The highest BCUT2D eigenvalue weighted by atomic mass is 32.2. The van der Waals surface area contributed by atoms with Crippen molar-refractivity contribution in [3.63, 3.8) is 0 Å². The number of nitro benzene ring substituents is 1. The van der Waals surface area contributed by atoms with Gasteiger partial charge >= 0.3 is 0 Å². The molecule has 0 atom stereocenters. The van der Waals surface area contributed by atoms with Crippen molar-refractivity contribution >= 4 is 29.2 Å². The van der Waals surface area contributed by atoms with Gasteiger partial charge in [0.15, 0.2) is 0 Å². The van der Waals surface area contributed by atoms with Crippen molar-refractivity contribution in [3.05, 3.63) is 46.6 Å². The molecule has 1 heterocycles. The van der Waals surface area contributed by atoms with Gasteiger partial charge in [-0.2, -0.15) is 5.10 Å². The van der Waals surface area contributed by atoms with Gasteiger partial charge in [0.05, 0.1) is 16.9 Å². The maximum Gasteiger partial charge on any atom is 0.269 e. The molecule has 1 amide bonds. The van der Waals surface area contributed by atoms with Gasteiger partial charge in [-0.3, -0.25) is 14.9 Å². The average Bonchev–Trinajstić information content (AvgIpc) is 2.94. The minimum absolute atomic E-state index is 0.0367. The van der Waals surface area contributed by atoms with Crippen LogP contribution >= 0.6 is 11.8 Å². The first-order chi connectivity index (χ1) is 10.5.